The van der Waals surface area contributed by atoms with Crippen molar-refractivity contribution in [3.05, 3.63) is 57.3 Å². The van der Waals surface area contributed by atoms with Gasteiger partial charge in [0.05, 0.1) is 12.5 Å². The number of rotatable bonds is 5. The Bertz CT molecular complexity index is 756. The molecule has 1 aromatic heterocycles. The average molecular weight is 361 g/mol. The Morgan fingerprint density at radius 3 is 2.88 bits per heavy atom. The molecule has 24 heavy (non-hydrogen) atoms. The summed E-state index contributed by atoms with van der Waals surface area (Å²) in [4.78, 5) is 25.3. The highest BCUT2D eigenvalue weighted by atomic mass is 32.2. The molecule has 0 saturated heterocycles. The van der Waals surface area contributed by atoms with Gasteiger partial charge >= 0.3 is 5.97 Å². The molecule has 0 fully saturated rings. The lowest BCUT2D eigenvalue weighted by atomic mass is 9.98. The van der Waals surface area contributed by atoms with Crippen LogP contribution in [0.4, 0.5) is 0 Å². The van der Waals surface area contributed by atoms with Crippen molar-refractivity contribution in [3.8, 4) is 0 Å². The summed E-state index contributed by atoms with van der Waals surface area (Å²) in [5.74, 6) is -0.107. The van der Waals surface area contributed by atoms with Crippen LogP contribution >= 0.6 is 23.1 Å². The van der Waals surface area contributed by atoms with Crippen molar-refractivity contribution in [2.45, 2.75) is 31.1 Å². The highest BCUT2D eigenvalue weighted by Crippen LogP contribution is 2.40. The van der Waals surface area contributed by atoms with Crippen LogP contribution in [-0.2, 0) is 16.0 Å². The van der Waals surface area contributed by atoms with E-state index >= 15 is 0 Å². The summed E-state index contributed by atoms with van der Waals surface area (Å²) in [6.45, 7) is 1.93. The largest absolute Gasteiger partial charge is 0.481 e. The molecule has 126 valence electrons. The Hall–Kier alpha value is -1.79. The first-order valence-corrected chi connectivity index (χ1v) is 9.74. The van der Waals surface area contributed by atoms with E-state index < -0.39 is 12.0 Å². The predicted molar refractivity (Wildman–Crippen MR) is 97.5 cm³/mol. The van der Waals surface area contributed by atoms with Gasteiger partial charge in [0.2, 0.25) is 5.91 Å². The van der Waals surface area contributed by atoms with Gasteiger partial charge in [-0.15, -0.1) is 23.1 Å². The second kappa shape index (κ2) is 7.40. The first-order chi connectivity index (χ1) is 11.6. The van der Waals surface area contributed by atoms with Crippen molar-refractivity contribution in [2.75, 3.05) is 5.75 Å². The summed E-state index contributed by atoms with van der Waals surface area (Å²) >= 11 is 3.31. The fourth-order valence-corrected chi connectivity index (χ4v) is 5.30. The third-order valence-corrected chi connectivity index (χ3v) is 6.41. The zero-order valence-corrected chi connectivity index (χ0v) is 15.0. The minimum absolute atomic E-state index is 0.103. The molecule has 0 aliphatic carbocycles. The van der Waals surface area contributed by atoms with Gasteiger partial charge in [0.25, 0.3) is 0 Å². The molecule has 1 aliphatic rings. The summed E-state index contributed by atoms with van der Waals surface area (Å²) in [6.07, 6.45) is 0.877. The van der Waals surface area contributed by atoms with Crippen LogP contribution < -0.4 is 5.32 Å². The number of fused-ring (bicyclic) bond motifs is 1. The number of carbonyl (C=O) groups excluding carboxylic acids is 1. The molecule has 1 amide bonds. The zero-order valence-electron chi connectivity index (χ0n) is 13.3. The highest BCUT2D eigenvalue weighted by Gasteiger charge is 2.30. The molecule has 4 nitrogen and oxygen atoms in total. The maximum atomic E-state index is 12.8. The molecule has 2 heterocycles. The topological polar surface area (TPSA) is 66.4 Å². The van der Waals surface area contributed by atoms with Gasteiger partial charge in [-0.1, -0.05) is 24.3 Å². The average Bonchev–Trinajstić information content (AvgIpc) is 3.02. The molecule has 3 rings (SSSR count). The van der Waals surface area contributed by atoms with Crippen molar-refractivity contribution in [3.63, 3.8) is 0 Å². The van der Waals surface area contributed by atoms with Crippen molar-refractivity contribution in [1.82, 2.24) is 5.32 Å². The Morgan fingerprint density at radius 1 is 1.33 bits per heavy atom. The highest BCUT2D eigenvalue weighted by molar-refractivity contribution is 8.00. The van der Waals surface area contributed by atoms with Crippen LogP contribution in [0.1, 0.15) is 39.3 Å². The summed E-state index contributed by atoms with van der Waals surface area (Å²) in [7, 11) is 0. The summed E-state index contributed by atoms with van der Waals surface area (Å²) in [5, 5.41) is 14.0. The van der Waals surface area contributed by atoms with Crippen LogP contribution in [-0.4, -0.2) is 22.7 Å². The van der Waals surface area contributed by atoms with E-state index in [0.717, 1.165) is 28.9 Å². The van der Waals surface area contributed by atoms with Gasteiger partial charge in [-0.25, -0.2) is 0 Å². The number of thioether (sulfide) groups is 1. The molecule has 0 radical (unpaired) electrons. The molecule has 6 heteroatoms. The van der Waals surface area contributed by atoms with E-state index in [9.17, 15) is 14.7 Å². The van der Waals surface area contributed by atoms with Crippen LogP contribution in [0.15, 0.2) is 35.7 Å². The lowest BCUT2D eigenvalue weighted by Gasteiger charge is -2.25. The summed E-state index contributed by atoms with van der Waals surface area (Å²) < 4.78 is 0. The lowest BCUT2D eigenvalue weighted by molar-refractivity contribution is -0.137. The second-order valence-electron chi connectivity index (χ2n) is 5.82. The van der Waals surface area contributed by atoms with Crippen LogP contribution in [0.5, 0.6) is 0 Å². The van der Waals surface area contributed by atoms with E-state index in [1.807, 2.05) is 42.6 Å². The number of amides is 1. The molecule has 1 aromatic carbocycles. The second-order valence-corrected chi connectivity index (χ2v) is 8.03. The number of carboxylic acids is 1. The molecule has 2 aromatic rings. The Labute approximate surface area is 149 Å². The molecule has 0 spiro atoms. The van der Waals surface area contributed by atoms with Gasteiger partial charge in [0, 0.05) is 4.88 Å². The fourth-order valence-electron chi connectivity index (χ4n) is 3.00. The summed E-state index contributed by atoms with van der Waals surface area (Å²) in [6, 6.07) is 9.09. The quantitative estimate of drug-likeness (QED) is 0.852. The predicted octanol–water partition coefficient (Wildman–Crippen LogP) is 3.72. The molecule has 2 atom stereocenters. The first-order valence-electron chi connectivity index (χ1n) is 7.82. The van der Waals surface area contributed by atoms with Crippen LogP contribution in [0, 0.1) is 6.92 Å². The fraction of sp³-hybridized carbons (Fsp3) is 0.333. The van der Waals surface area contributed by atoms with Crippen LogP contribution in [0.3, 0.4) is 0 Å². The van der Waals surface area contributed by atoms with E-state index in [2.05, 4.69) is 5.32 Å². The van der Waals surface area contributed by atoms with Crippen molar-refractivity contribution in [1.29, 1.82) is 0 Å². The number of benzene rings is 1. The third kappa shape index (κ3) is 3.65. The minimum atomic E-state index is -0.920. The number of aliphatic carboxylic acids is 1. The van der Waals surface area contributed by atoms with Gasteiger partial charge in [0.15, 0.2) is 0 Å². The van der Waals surface area contributed by atoms with E-state index in [-0.39, 0.29) is 17.6 Å². The number of nitrogens with one attached hydrogen (secondary N) is 1. The van der Waals surface area contributed by atoms with Crippen LogP contribution in [0.2, 0.25) is 0 Å². The lowest BCUT2D eigenvalue weighted by Crippen LogP contribution is -2.34. The first kappa shape index (κ1) is 17.0. The number of hydrogen-bond donors (Lipinski definition) is 2. The third-order valence-electron chi connectivity index (χ3n) is 4.17. The van der Waals surface area contributed by atoms with E-state index in [4.69, 9.17) is 0 Å². The molecule has 2 unspecified atom stereocenters. The maximum absolute atomic E-state index is 12.8. The molecule has 0 bridgehead atoms. The molecular weight excluding hydrogens is 342 g/mol. The van der Waals surface area contributed by atoms with Gasteiger partial charge in [-0.3, -0.25) is 9.59 Å². The van der Waals surface area contributed by atoms with E-state index in [1.54, 1.807) is 23.1 Å². The Kier molecular flexibility index (Phi) is 5.26. The number of carbonyl (C=O) groups is 2. The van der Waals surface area contributed by atoms with Gasteiger partial charge in [-0.05, 0) is 47.2 Å². The SMILES string of the molecule is Cc1ccccc1C(CC(=O)O)NC(=O)C1SCCc2sccc21. The maximum Gasteiger partial charge on any atom is 0.305 e. The molecule has 2 N–H and O–H groups in total. The minimum Gasteiger partial charge on any atom is -0.481 e. The standard InChI is InChI=1S/C18H19NO3S2/c1-11-4-2-3-5-12(11)14(10-16(20)21)19-18(22)17-13-6-8-23-15(13)7-9-24-17/h2-6,8,14,17H,7,9-10H2,1H3,(H,19,22)(H,20,21). The van der Waals surface area contributed by atoms with Crippen LogP contribution in [0.25, 0.3) is 0 Å². The van der Waals surface area contributed by atoms with Crippen molar-refractivity contribution in [2.24, 2.45) is 0 Å². The van der Waals surface area contributed by atoms with E-state index in [1.165, 1.54) is 4.88 Å². The van der Waals surface area contributed by atoms with Gasteiger partial charge in [0.1, 0.15) is 5.25 Å². The number of thiophene rings is 1. The molecular formula is C18H19NO3S2. The molecule has 0 saturated carbocycles. The Morgan fingerprint density at radius 2 is 2.12 bits per heavy atom. The number of hydrogen-bond acceptors (Lipinski definition) is 4. The monoisotopic (exact) mass is 361 g/mol. The molecule has 1 aliphatic heterocycles. The van der Waals surface area contributed by atoms with E-state index in [0.29, 0.717) is 0 Å². The van der Waals surface area contributed by atoms with Crippen molar-refractivity contribution < 1.29 is 14.7 Å². The number of aryl methyl sites for hydroxylation is 2. The van der Waals surface area contributed by atoms with Gasteiger partial charge in [-0.2, -0.15) is 0 Å². The number of carboxylic acid groups (broad SMARTS) is 1. The normalized spacial score (nSPS) is 17.8. The summed E-state index contributed by atoms with van der Waals surface area (Å²) in [5.41, 5.74) is 2.92. The Balaban J connectivity index is 1.82. The zero-order chi connectivity index (χ0) is 17.1. The van der Waals surface area contributed by atoms with Crippen molar-refractivity contribution >= 4 is 35.0 Å². The van der Waals surface area contributed by atoms with Gasteiger partial charge < -0.3 is 10.4 Å². The smallest absolute Gasteiger partial charge is 0.305 e.